The molecule has 0 unspecified atom stereocenters. The molecule has 0 amide bonds. The summed E-state index contributed by atoms with van der Waals surface area (Å²) in [5.41, 5.74) is 4.61. The number of anilines is 2. The highest BCUT2D eigenvalue weighted by atomic mass is 35.5. The summed E-state index contributed by atoms with van der Waals surface area (Å²) in [5, 5.41) is 3.91. The molecule has 3 nitrogen and oxygen atoms in total. The number of hydrogen-bond acceptors (Lipinski definition) is 3. The molecule has 0 aliphatic carbocycles. The quantitative estimate of drug-likeness (QED) is 0.856. The van der Waals surface area contributed by atoms with Crippen molar-refractivity contribution in [3.8, 4) is 0 Å². The number of rotatable bonds is 4. The van der Waals surface area contributed by atoms with E-state index in [9.17, 15) is 0 Å². The molecule has 0 radical (unpaired) electrons. The number of pyridine rings is 1. The molecule has 0 atom stereocenters. The average molecular weight is 302 g/mol. The lowest BCUT2D eigenvalue weighted by molar-refractivity contribution is 0.949. The van der Waals surface area contributed by atoms with Gasteiger partial charge in [-0.25, -0.2) is 4.98 Å². The van der Waals surface area contributed by atoms with E-state index in [0.29, 0.717) is 5.15 Å². The minimum atomic E-state index is 0.531. The van der Waals surface area contributed by atoms with E-state index in [1.54, 1.807) is 6.20 Å². The van der Waals surface area contributed by atoms with Crippen LogP contribution in [0.25, 0.3) is 0 Å². The molecule has 2 heterocycles. The zero-order valence-electron chi connectivity index (χ0n) is 12.3. The molecule has 1 aliphatic rings. The van der Waals surface area contributed by atoms with E-state index in [0.717, 1.165) is 17.8 Å². The molecule has 0 saturated carbocycles. The molecule has 0 spiro atoms. The van der Waals surface area contributed by atoms with Gasteiger partial charge in [-0.15, -0.1) is 0 Å². The van der Waals surface area contributed by atoms with Gasteiger partial charge in [0.2, 0.25) is 0 Å². The van der Waals surface area contributed by atoms with E-state index in [1.807, 2.05) is 13.0 Å². The largest absolute Gasteiger partial charge is 0.378 e. The number of nitrogens with one attached hydrogen (secondary N) is 1. The Bertz CT molecular complexity index is 584. The Balaban J connectivity index is 1.65. The van der Waals surface area contributed by atoms with Gasteiger partial charge in [0.05, 0.1) is 5.69 Å². The maximum absolute atomic E-state index is 6.13. The molecule has 2 aromatic rings. The first-order chi connectivity index (χ1) is 10.2. The van der Waals surface area contributed by atoms with Gasteiger partial charge < -0.3 is 10.2 Å². The maximum atomic E-state index is 6.13. The summed E-state index contributed by atoms with van der Waals surface area (Å²) in [5.74, 6) is 0. The summed E-state index contributed by atoms with van der Waals surface area (Å²) in [6.45, 7) is 5.16. The highest BCUT2D eigenvalue weighted by molar-refractivity contribution is 6.32. The Kier molecular flexibility index (Phi) is 4.30. The van der Waals surface area contributed by atoms with Crippen LogP contribution in [0.5, 0.6) is 0 Å². The molecule has 3 rings (SSSR count). The summed E-state index contributed by atoms with van der Waals surface area (Å²) in [6.07, 6.45) is 4.35. The lowest BCUT2D eigenvalue weighted by atomic mass is 10.2. The SMILES string of the molecule is Cc1ccnc(Cl)c1NCc1ccc(N2CCCC2)cc1. The smallest absolute Gasteiger partial charge is 0.152 e. The van der Waals surface area contributed by atoms with E-state index in [1.165, 1.54) is 37.2 Å². The van der Waals surface area contributed by atoms with Crippen molar-refractivity contribution in [3.05, 3.63) is 52.8 Å². The second kappa shape index (κ2) is 6.35. The molecular formula is C17H20ClN3. The van der Waals surface area contributed by atoms with Crippen molar-refractivity contribution >= 4 is 23.0 Å². The summed E-state index contributed by atoms with van der Waals surface area (Å²) in [6, 6.07) is 10.7. The molecule has 1 fully saturated rings. The van der Waals surface area contributed by atoms with Crippen LogP contribution >= 0.6 is 11.6 Å². The zero-order chi connectivity index (χ0) is 14.7. The second-order valence-corrected chi connectivity index (χ2v) is 5.87. The highest BCUT2D eigenvalue weighted by Gasteiger charge is 2.11. The lowest BCUT2D eigenvalue weighted by Crippen LogP contribution is -2.17. The number of nitrogens with zero attached hydrogens (tertiary/aromatic N) is 2. The van der Waals surface area contributed by atoms with E-state index >= 15 is 0 Å². The first kappa shape index (κ1) is 14.2. The third-order valence-corrected chi connectivity index (χ3v) is 4.28. The standard InChI is InChI=1S/C17H20ClN3/c1-13-8-9-19-17(18)16(13)20-12-14-4-6-15(7-5-14)21-10-2-3-11-21/h4-9,20H,2-3,10-12H2,1H3. The highest BCUT2D eigenvalue weighted by Crippen LogP contribution is 2.24. The number of aromatic nitrogens is 1. The van der Waals surface area contributed by atoms with Crippen molar-refractivity contribution in [2.75, 3.05) is 23.3 Å². The summed E-state index contributed by atoms with van der Waals surface area (Å²) >= 11 is 6.13. The van der Waals surface area contributed by atoms with Gasteiger partial charge in [-0.2, -0.15) is 0 Å². The molecule has 1 N–H and O–H groups in total. The molecule has 21 heavy (non-hydrogen) atoms. The van der Waals surface area contributed by atoms with E-state index < -0.39 is 0 Å². The van der Waals surface area contributed by atoms with Crippen molar-refractivity contribution in [1.29, 1.82) is 0 Å². The number of halogens is 1. The van der Waals surface area contributed by atoms with E-state index in [-0.39, 0.29) is 0 Å². The van der Waals surface area contributed by atoms with Gasteiger partial charge in [0.1, 0.15) is 0 Å². The van der Waals surface area contributed by atoms with Crippen LogP contribution in [0.2, 0.25) is 5.15 Å². The van der Waals surface area contributed by atoms with Gasteiger partial charge in [0.25, 0.3) is 0 Å². The van der Waals surface area contributed by atoms with Crippen LogP contribution in [0.15, 0.2) is 36.5 Å². The van der Waals surface area contributed by atoms with Gasteiger partial charge in [-0.1, -0.05) is 23.7 Å². The number of aryl methyl sites for hydroxylation is 1. The van der Waals surface area contributed by atoms with Crippen LogP contribution in [0.1, 0.15) is 24.0 Å². The van der Waals surface area contributed by atoms with Crippen LogP contribution in [0, 0.1) is 6.92 Å². The zero-order valence-corrected chi connectivity index (χ0v) is 13.0. The Morgan fingerprint density at radius 1 is 1.14 bits per heavy atom. The van der Waals surface area contributed by atoms with Crippen molar-refractivity contribution in [2.45, 2.75) is 26.3 Å². The maximum Gasteiger partial charge on any atom is 0.152 e. The van der Waals surface area contributed by atoms with Gasteiger partial charge in [0.15, 0.2) is 5.15 Å². The van der Waals surface area contributed by atoms with E-state index in [4.69, 9.17) is 11.6 Å². The minimum absolute atomic E-state index is 0.531. The first-order valence-electron chi connectivity index (χ1n) is 7.43. The fourth-order valence-electron chi connectivity index (χ4n) is 2.73. The van der Waals surface area contributed by atoms with Crippen LogP contribution in [0.3, 0.4) is 0 Å². The Labute approximate surface area is 131 Å². The van der Waals surface area contributed by atoms with Crippen LogP contribution in [0.4, 0.5) is 11.4 Å². The van der Waals surface area contributed by atoms with Crippen LogP contribution in [-0.4, -0.2) is 18.1 Å². The predicted molar refractivity (Wildman–Crippen MR) is 89.2 cm³/mol. The molecule has 4 heteroatoms. The fourth-order valence-corrected chi connectivity index (χ4v) is 3.00. The molecule has 1 saturated heterocycles. The molecule has 1 aliphatic heterocycles. The molecule has 110 valence electrons. The molecule has 1 aromatic carbocycles. The molecular weight excluding hydrogens is 282 g/mol. The van der Waals surface area contributed by atoms with Gasteiger partial charge in [-0.05, 0) is 49.1 Å². The van der Waals surface area contributed by atoms with Gasteiger partial charge in [-0.3, -0.25) is 0 Å². The summed E-state index contributed by atoms with van der Waals surface area (Å²) < 4.78 is 0. The third kappa shape index (κ3) is 3.30. The van der Waals surface area contributed by atoms with Crippen molar-refractivity contribution in [2.24, 2.45) is 0 Å². The Hall–Kier alpha value is -1.74. The second-order valence-electron chi connectivity index (χ2n) is 5.51. The average Bonchev–Trinajstić information content (AvgIpc) is 3.02. The molecule has 0 bridgehead atoms. The Morgan fingerprint density at radius 3 is 2.52 bits per heavy atom. The fraction of sp³-hybridized carbons (Fsp3) is 0.353. The third-order valence-electron chi connectivity index (χ3n) is 3.99. The first-order valence-corrected chi connectivity index (χ1v) is 7.81. The van der Waals surface area contributed by atoms with Crippen LogP contribution < -0.4 is 10.2 Å². The van der Waals surface area contributed by atoms with Crippen molar-refractivity contribution < 1.29 is 0 Å². The number of benzene rings is 1. The monoisotopic (exact) mass is 301 g/mol. The van der Waals surface area contributed by atoms with Gasteiger partial charge >= 0.3 is 0 Å². The lowest BCUT2D eigenvalue weighted by Gasteiger charge is -2.18. The normalized spacial score (nSPS) is 14.5. The van der Waals surface area contributed by atoms with Gasteiger partial charge in [0, 0.05) is 31.5 Å². The van der Waals surface area contributed by atoms with Crippen molar-refractivity contribution in [1.82, 2.24) is 4.98 Å². The number of hydrogen-bond donors (Lipinski definition) is 1. The Morgan fingerprint density at radius 2 is 1.86 bits per heavy atom. The van der Waals surface area contributed by atoms with E-state index in [2.05, 4.69) is 39.5 Å². The molecule has 1 aromatic heterocycles. The minimum Gasteiger partial charge on any atom is -0.378 e. The summed E-state index contributed by atoms with van der Waals surface area (Å²) in [7, 11) is 0. The predicted octanol–water partition coefficient (Wildman–Crippen LogP) is 4.26. The van der Waals surface area contributed by atoms with Crippen molar-refractivity contribution in [3.63, 3.8) is 0 Å². The summed E-state index contributed by atoms with van der Waals surface area (Å²) in [4.78, 5) is 6.56. The topological polar surface area (TPSA) is 28.2 Å². The van der Waals surface area contributed by atoms with Crippen LogP contribution in [-0.2, 0) is 6.54 Å².